The summed E-state index contributed by atoms with van der Waals surface area (Å²) in [5.41, 5.74) is 2.19. The number of amides is 2. The van der Waals surface area contributed by atoms with Crippen molar-refractivity contribution in [3.8, 4) is 0 Å². The number of aliphatic hydroxyl groups is 1. The van der Waals surface area contributed by atoms with Crippen molar-refractivity contribution in [2.24, 2.45) is 0 Å². The molecule has 0 unspecified atom stereocenters. The third-order valence-electron chi connectivity index (χ3n) is 4.76. The average Bonchev–Trinajstić information content (AvgIpc) is 2.79. The Morgan fingerprint density at radius 1 is 1.19 bits per heavy atom. The summed E-state index contributed by atoms with van der Waals surface area (Å²) in [5.74, 6) is -0.662. The molecule has 1 saturated heterocycles. The quantitative estimate of drug-likeness (QED) is 0.401. The van der Waals surface area contributed by atoms with Crippen LogP contribution in [0.3, 0.4) is 0 Å². The van der Waals surface area contributed by atoms with Crippen LogP contribution in [0.1, 0.15) is 0 Å². The lowest BCUT2D eigenvalue weighted by atomic mass is 10.2. The van der Waals surface area contributed by atoms with Crippen LogP contribution in [0.15, 0.2) is 36.5 Å². The van der Waals surface area contributed by atoms with Gasteiger partial charge in [-0.2, -0.15) is 4.98 Å². The highest BCUT2D eigenvalue weighted by atomic mass is 19.1. The Morgan fingerprint density at radius 2 is 1.97 bits per heavy atom. The number of pyridine rings is 1. The molecule has 10 nitrogen and oxygen atoms in total. The van der Waals surface area contributed by atoms with Crippen molar-refractivity contribution in [2.45, 2.75) is 0 Å². The lowest BCUT2D eigenvalue weighted by Gasteiger charge is -2.29. The molecule has 0 radical (unpaired) electrons. The fourth-order valence-corrected chi connectivity index (χ4v) is 3.21. The van der Waals surface area contributed by atoms with Gasteiger partial charge in [0, 0.05) is 55.7 Å². The number of halogens is 1. The predicted molar refractivity (Wildman–Crippen MR) is 116 cm³/mol. The summed E-state index contributed by atoms with van der Waals surface area (Å²) in [4.78, 5) is 26.7. The van der Waals surface area contributed by atoms with Crippen molar-refractivity contribution >= 4 is 40.2 Å². The Balaban J connectivity index is 1.49. The van der Waals surface area contributed by atoms with Gasteiger partial charge in [0.25, 0.3) is 0 Å². The van der Waals surface area contributed by atoms with Crippen LogP contribution < -0.4 is 26.2 Å². The molecule has 0 atom stereocenters. The number of piperazine rings is 1. The third kappa shape index (κ3) is 5.13. The largest absolute Gasteiger partial charge is 0.395 e. The predicted octanol–water partition coefficient (Wildman–Crippen LogP) is 1.43. The second kappa shape index (κ2) is 9.49. The first-order valence-corrected chi connectivity index (χ1v) is 9.94. The summed E-state index contributed by atoms with van der Waals surface area (Å²) in [6.07, 6.45) is 1.46. The van der Waals surface area contributed by atoms with Gasteiger partial charge in [0.1, 0.15) is 0 Å². The van der Waals surface area contributed by atoms with Crippen LogP contribution in [0, 0.1) is 5.82 Å². The van der Waals surface area contributed by atoms with Gasteiger partial charge in [-0.1, -0.05) is 0 Å². The van der Waals surface area contributed by atoms with Crippen LogP contribution in [0.5, 0.6) is 0 Å². The van der Waals surface area contributed by atoms with Gasteiger partial charge in [0.05, 0.1) is 6.61 Å². The van der Waals surface area contributed by atoms with E-state index in [0.29, 0.717) is 11.3 Å². The number of rotatable bonds is 6. The maximum absolute atomic E-state index is 14.2. The number of benzene rings is 1. The lowest BCUT2D eigenvalue weighted by Crippen LogP contribution is -2.43. The second-order valence-electron chi connectivity index (χ2n) is 6.94. The first kappa shape index (κ1) is 20.7. The van der Waals surface area contributed by atoms with Crippen LogP contribution in [0.4, 0.5) is 32.3 Å². The Labute approximate surface area is 177 Å². The number of carbonyl (C=O) groups excluding carboxylic acids is 1. The van der Waals surface area contributed by atoms with Crippen LogP contribution in [0.2, 0.25) is 0 Å². The molecule has 1 fully saturated rings. The topological polar surface area (TPSA) is 127 Å². The minimum atomic E-state index is -0.709. The van der Waals surface area contributed by atoms with Gasteiger partial charge < -0.3 is 26.0 Å². The molecule has 2 amide bonds. The molecule has 1 aromatic carbocycles. The van der Waals surface area contributed by atoms with E-state index < -0.39 is 11.8 Å². The molecule has 3 aromatic rings. The minimum absolute atomic E-state index is 0.0463. The van der Waals surface area contributed by atoms with Gasteiger partial charge in [0.2, 0.25) is 5.95 Å². The number of carbonyl (C=O) groups is 1. The zero-order valence-electron chi connectivity index (χ0n) is 16.7. The van der Waals surface area contributed by atoms with Crippen LogP contribution in [-0.4, -0.2) is 65.4 Å². The number of hydrogen-bond acceptors (Lipinski definition) is 8. The van der Waals surface area contributed by atoms with E-state index in [2.05, 4.69) is 41.1 Å². The van der Waals surface area contributed by atoms with E-state index in [1.165, 1.54) is 12.3 Å². The highest BCUT2D eigenvalue weighted by Gasteiger charge is 2.13. The first-order valence-electron chi connectivity index (χ1n) is 9.94. The average molecular weight is 426 g/mol. The molecule has 2 aromatic heterocycles. The van der Waals surface area contributed by atoms with Crippen molar-refractivity contribution in [2.75, 3.05) is 54.9 Å². The van der Waals surface area contributed by atoms with E-state index in [1.54, 1.807) is 0 Å². The third-order valence-corrected chi connectivity index (χ3v) is 4.76. The number of nitrogens with one attached hydrogen (secondary N) is 4. The first-order chi connectivity index (χ1) is 15.1. The molecule has 31 heavy (non-hydrogen) atoms. The van der Waals surface area contributed by atoms with Gasteiger partial charge in [0.15, 0.2) is 17.3 Å². The summed E-state index contributed by atoms with van der Waals surface area (Å²) >= 11 is 0. The van der Waals surface area contributed by atoms with Gasteiger partial charge in [-0.15, -0.1) is 0 Å². The SMILES string of the molecule is O=C(NCCO)Nc1nc2nc(Nc3ccc(N4CCNCC4)cc3)ncc2cc1F. The monoisotopic (exact) mass is 426 g/mol. The van der Waals surface area contributed by atoms with Crippen molar-refractivity contribution in [1.82, 2.24) is 25.6 Å². The molecule has 162 valence electrons. The number of aliphatic hydroxyl groups excluding tert-OH is 1. The van der Waals surface area contributed by atoms with Gasteiger partial charge >= 0.3 is 6.03 Å². The Hall–Kier alpha value is -3.57. The standard InChI is InChI=1S/C20H23FN8O2/c21-16-11-13-12-24-19(27-17(13)26-18(16)28-20(31)23-7-10-30)25-14-1-3-15(4-2-14)29-8-5-22-6-9-29/h1-4,11-12,22,30H,5-10H2,(H3,23,24,25,26,27,28,31). The van der Waals surface area contributed by atoms with E-state index in [9.17, 15) is 9.18 Å². The number of aromatic nitrogens is 3. The molecule has 5 N–H and O–H groups in total. The van der Waals surface area contributed by atoms with E-state index in [0.717, 1.165) is 37.6 Å². The Kier molecular flexibility index (Phi) is 6.34. The molecule has 1 aliphatic heterocycles. The number of anilines is 4. The van der Waals surface area contributed by atoms with Crippen molar-refractivity contribution < 1.29 is 14.3 Å². The normalized spacial score (nSPS) is 13.8. The number of urea groups is 1. The molecular formula is C20H23FN8O2. The molecule has 0 saturated carbocycles. The summed E-state index contributed by atoms with van der Waals surface area (Å²) in [5, 5.41) is 20.3. The smallest absolute Gasteiger partial charge is 0.320 e. The second-order valence-corrected chi connectivity index (χ2v) is 6.94. The summed E-state index contributed by atoms with van der Waals surface area (Å²) < 4.78 is 14.2. The molecule has 11 heteroatoms. The summed E-state index contributed by atoms with van der Waals surface area (Å²) in [6.45, 7) is 3.70. The molecule has 0 aliphatic carbocycles. The summed E-state index contributed by atoms with van der Waals surface area (Å²) in [7, 11) is 0. The fraction of sp³-hybridized carbons (Fsp3) is 0.300. The van der Waals surface area contributed by atoms with Gasteiger partial charge in [-0.05, 0) is 30.3 Å². The van der Waals surface area contributed by atoms with Gasteiger partial charge in [-0.25, -0.2) is 19.2 Å². The van der Waals surface area contributed by atoms with Gasteiger partial charge in [-0.3, -0.25) is 5.32 Å². The zero-order chi connectivity index (χ0) is 21.6. The van der Waals surface area contributed by atoms with Crippen molar-refractivity contribution in [3.63, 3.8) is 0 Å². The van der Waals surface area contributed by atoms with E-state index in [1.807, 2.05) is 24.3 Å². The van der Waals surface area contributed by atoms with Crippen molar-refractivity contribution in [3.05, 3.63) is 42.3 Å². The highest BCUT2D eigenvalue weighted by molar-refractivity contribution is 5.90. The van der Waals surface area contributed by atoms with Crippen LogP contribution in [0.25, 0.3) is 11.0 Å². The van der Waals surface area contributed by atoms with Crippen molar-refractivity contribution in [1.29, 1.82) is 0 Å². The zero-order valence-corrected chi connectivity index (χ0v) is 16.7. The van der Waals surface area contributed by atoms with E-state index >= 15 is 0 Å². The lowest BCUT2D eigenvalue weighted by molar-refractivity contribution is 0.244. The fourth-order valence-electron chi connectivity index (χ4n) is 3.21. The molecular weight excluding hydrogens is 403 g/mol. The van der Waals surface area contributed by atoms with Crippen LogP contribution >= 0.6 is 0 Å². The molecule has 4 rings (SSSR count). The summed E-state index contributed by atoms with van der Waals surface area (Å²) in [6, 6.07) is 8.50. The van der Waals surface area contributed by atoms with E-state index in [4.69, 9.17) is 5.11 Å². The number of nitrogens with zero attached hydrogens (tertiary/aromatic N) is 4. The minimum Gasteiger partial charge on any atom is -0.395 e. The molecule has 0 spiro atoms. The maximum Gasteiger partial charge on any atom is 0.320 e. The number of hydrogen-bond donors (Lipinski definition) is 5. The number of fused-ring (bicyclic) bond motifs is 1. The van der Waals surface area contributed by atoms with Crippen LogP contribution in [-0.2, 0) is 0 Å². The molecule has 3 heterocycles. The van der Waals surface area contributed by atoms with E-state index in [-0.39, 0.29) is 24.6 Å². The highest BCUT2D eigenvalue weighted by Crippen LogP contribution is 2.22. The molecule has 1 aliphatic rings. The maximum atomic E-state index is 14.2. The Morgan fingerprint density at radius 3 is 2.71 bits per heavy atom. The Bertz CT molecular complexity index is 1060. The molecule has 0 bridgehead atoms.